The van der Waals surface area contributed by atoms with Gasteiger partial charge in [0.05, 0.1) is 5.00 Å². The lowest BCUT2D eigenvalue weighted by molar-refractivity contribution is 1.28. The van der Waals surface area contributed by atoms with Gasteiger partial charge in [-0.3, -0.25) is 0 Å². The molecule has 0 bridgehead atoms. The fourth-order valence-electron chi connectivity index (χ4n) is 0.961. The standard InChI is InChI=1S/C9H13NS/c1-3-4-5-8-6-7-11-9(8)10-2/h3-4,6-7,10H,5H2,1-2H3/b4-3+. The molecule has 1 nitrogen and oxygen atoms in total. The van der Waals surface area contributed by atoms with Gasteiger partial charge in [-0.1, -0.05) is 12.2 Å². The third kappa shape index (κ3) is 2.09. The third-order valence-electron chi connectivity index (χ3n) is 1.55. The van der Waals surface area contributed by atoms with Crippen molar-refractivity contribution < 1.29 is 0 Å². The van der Waals surface area contributed by atoms with Crippen molar-refractivity contribution in [2.24, 2.45) is 0 Å². The topological polar surface area (TPSA) is 12.0 Å². The second-order valence-corrected chi connectivity index (χ2v) is 3.21. The average molecular weight is 167 g/mol. The number of nitrogens with one attached hydrogen (secondary N) is 1. The molecule has 0 saturated carbocycles. The highest BCUT2D eigenvalue weighted by Crippen LogP contribution is 2.22. The number of hydrogen-bond donors (Lipinski definition) is 1. The Morgan fingerprint density at radius 3 is 3.09 bits per heavy atom. The maximum atomic E-state index is 3.17. The molecule has 0 aliphatic heterocycles. The molecule has 60 valence electrons. The van der Waals surface area contributed by atoms with Gasteiger partial charge in [-0.15, -0.1) is 11.3 Å². The Labute approximate surface area is 71.8 Å². The first-order chi connectivity index (χ1) is 5.38. The van der Waals surface area contributed by atoms with E-state index in [0.29, 0.717) is 0 Å². The molecule has 0 atom stereocenters. The van der Waals surface area contributed by atoms with Crippen LogP contribution in [0.4, 0.5) is 5.00 Å². The molecule has 1 heterocycles. The minimum absolute atomic E-state index is 1.04. The smallest absolute Gasteiger partial charge is 0.0915 e. The zero-order valence-electron chi connectivity index (χ0n) is 6.92. The quantitative estimate of drug-likeness (QED) is 0.682. The van der Waals surface area contributed by atoms with E-state index in [4.69, 9.17) is 0 Å². The largest absolute Gasteiger partial charge is 0.380 e. The Bertz CT molecular complexity index is 237. The maximum Gasteiger partial charge on any atom is 0.0915 e. The van der Waals surface area contributed by atoms with Gasteiger partial charge in [0.15, 0.2) is 0 Å². The van der Waals surface area contributed by atoms with Crippen molar-refractivity contribution in [1.82, 2.24) is 0 Å². The summed E-state index contributed by atoms with van der Waals surface area (Å²) in [5.41, 5.74) is 1.38. The van der Waals surface area contributed by atoms with Crippen LogP contribution in [0.15, 0.2) is 23.6 Å². The Morgan fingerprint density at radius 2 is 2.45 bits per heavy atom. The third-order valence-corrected chi connectivity index (χ3v) is 2.52. The van der Waals surface area contributed by atoms with Crippen LogP contribution in [0.1, 0.15) is 12.5 Å². The Kier molecular flexibility index (Phi) is 3.17. The Morgan fingerprint density at radius 1 is 1.64 bits per heavy atom. The monoisotopic (exact) mass is 167 g/mol. The summed E-state index contributed by atoms with van der Waals surface area (Å²) in [4.78, 5) is 0. The van der Waals surface area contributed by atoms with E-state index in [0.717, 1.165) is 6.42 Å². The molecule has 0 radical (unpaired) electrons. The van der Waals surface area contributed by atoms with Gasteiger partial charge in [-0.2, -0.15) is 0 Å². The lowest BCUT2D eigenvalue weighted by Crippen LogP contribution is -1.88. The zero-order chi connectivity index (χ0) is 8.10. The van der Waals surface area contributed by atoms with Gasteiger partial charge in [0.1, 0.15) is 0 Å². The van der Waals surface area contributed by atoms with Gasteiger partial charge >= 0.3 is 0 Å². The van der Waals surface area contributed by atoms with E-state index < -0.39 is 0 Å². The Hall–Kier alpha value is -0.760. The number of hydrogen-bond acceptors (Lipinski definition) is 2. The molecule has 0 saturated heterocycles. The summed E-state index contributed by atoms with van der Waals surface area (Å²) in [6.45, 7) is 2.05. The van der Waals surface area contributed by atoms with Gasteiger partial charge in [-0.05, 0) is 30.4 Å². The molecule has 2 heteroatoms. The van der Waals surface area contributed by atoms with Crippen molar-refractivity contribution in [2.45, 2.75) is 13.3 Å². The second-order valence-electron chi connectivity index (χ2n) is 2.30. The zero-order valence-corrected chi connectivity index (χ0v) is 7.74. The average Bonchev–Trinajstić information content (AvgIpc) is 2.47. The van der Waals surface area contributed by atoms with Crippen molar-refractivity contribution in [2.75, 3.05) is 12.4 Å². The molecule has 1 rings (SSSR count). The highest BCUT2D eigenvalue weighted by molar-refractivity contribution is 7.14. The van der Waals surface area contributed by atoms with E-state index >= 15 is 0 Å². The predicted molar refractivity (Wildman–Crippen MR) is 52.4 cm³/mol. The van der Waals surface area contributed by atoms with Gasteiger partial charge in [0, 0.05) is 7.05 Å². The molecule has 0 unspecified atom stereocenters. The molecule has 1 N–H and O–H groups in total. The lowest BCUT2D eigenvalue weighted by atomic mass is 10.2. The fourth-order valence-corrected chi connectivity index (χ4v) is 1.75. The van der Waals surface area contributed by atoms with E-state index in [-0.39, 0.29) is 0 Å². The normalized spacial score (nSPS) is 10.7. The van der Waals surface area contributed by atoms with Crippen LogP contribution in [0.2, 0.25) is 0 Å². The van der Waals surface area contributed by atoms with Crippen LogP contribution in [0.5, 0.6) is 0 Å². The molecule has 0 aliphatic carbocycles. The molecule has 0 fully saturated rings. The first kappa shape index (κ1) is 8.34. The molecule has 0 aromatic carbocycles. The summed E-state index contributed by atoms with van der Waals surface area (Å²) in [7, 11) is 1.96. The summed E-state index contributed by atoms with van der Waals surface area (Å²) < 4.78 is 0. The van der Waals surface area contributed by atoms with Crippen LogP contribution in [-0.4, -0.2) is 7.05 Å². The second kappa shape index (κ2) is 4.19. The summed E-state index contributed by atoms with van der Waals surface area (Å²) in [6, 6.07) is 2.16. The van der Waals surface area contributed by atoms with Crippen LogP contribution in [0, 0.1) is 0 Å². The minimum atomic E-state index is 1.04. The minimum Gasteiger partial charge on any atom is -0.380 e. The molecular formula is C9H13NS. The maximum absolute atomic E-state index is 3.17. The highest BCUT2D eigenvalue weighted by atomic mass is 32.1. The predicted octanol–water partition coefficient (Wildman–Crippen LogP) is 2.91. The SMILES string of the molecule is C/C=C/Cc1ccsc1NC. The first-order valence-electron chi connectivity index (χ1n) is 3.73. The van der Waals surface area contributed by atoms with Crippen molar-refractivity contribution in [3.8, 4) is 0 Å². The molecule has 11 heavy (non-hydrogen) atoms. The number of anilines is 1. The molecular weight excluding hydrogens is 154 g/mol. The lowest BCUT2D eigenvalue weighted by Gasteiger charge is -1.97. The fraction of sp³-hybridized carbons (Fsp3) is 0.333. The van der Waals surface area contributed by atoms with Crippen LogP contribution >= 0.6 is 11.3 Å². The number of rotatable bonds is 3. The van der Waals surface area contributed by atoms with E-state index in [1.54, 1.807) is 11.3 Å². The van der Waals surface area contributed by atoms with Crippen molar-refractivity contribution >= 4 is 16.3 Å². The molecule has 0 amide bonds. The molecule has 1 aromatic heterocycles. The molecule has 0 spiro atoms. The summed E-state index contributed by atoms with van der Waals surface area (Å²) in [6.07, 6.45) is 5.29. The highest BCUT2D eigenvalue weighted by Gasteiger charge is 1.98. The summed E-state index contributed by atoms with van der Waals surface area (Å²) in [5, 5.41) is 6.57. The first-order valence-corrected chi connectivity index (χ1v) is 4.61. The van der Waals surface area contributed by atoms with Gasteiger partial charge in [0.25, 0.3) is 0 Å². The molecule has 1 aromatic rings. The van der Waals surface area contributed by atoms with Crippen LogP contribution < -0.4 is 5.32 Å². The van der Waals surface area contributed by atoms with E-state index in [1.165, 1.54) is 10.6 Å². The summed E-state index contributed by atoms with van der Waals surface area (Å²) >= 11 is 1.75. The van der Waals surface area contributed by atoms with Crippen LogP contribution in [0.3, 0.4) is 0 Å². The summed E-state index contributed by atoms with van der Waals surface area (Å²) in [5.74, 6) is 0. The van der Waals surface area contributed by atoms with Crippen molar-refractivity contribution in [1.29, 1.82) is 0 Å². The number of thiophene rings is 1. The van der Waals surface area contributed by atoms with Gasteiger partial charge in [0.2, 0.25) is 0 Å². The van der Waals surface area contributed by atoms with Crippen LogP contribution in [0.25, 0.3) is 0 Å². The Balaban J connectivity index is 2.68. The van der Waals surface area contributed by atoms with Crippen LogP contribution in [-0.2, 0) is 6.42 Å². The van der Waals surface area contributed by atoms with Crippen molar-refractivity contribution in [3.05, 3.63) is 29.2 Å². The van der Waals surface area contributed by atoms with E-state index in [1.807, 2.05) is 14.0 Å². The van der Waals surface area contributed by atoms with Gasteiger partial charge in [-0.25, -0.2) is 0 Å². The van der Waals surface area contributed by atoms with Crippen molar-refractivity contribution in [3.63, 3.8) is 0 Å². The van der Waals surface area contributed by atoms with Gasteiger partial charge < -0.3 is 5.32 Å². The number of allylic oxidation sites excluding steroid dienone is 2. The van der Waals surface area contributed by atoms with E-state index in [9.17, 15) is 0 Å². The molecule has 0 aliphatic rings. The van der Waals surface area contributed by atoms with E-state index in [2.05, 4.69) is 28.9 Å².